The van der Waals surface area contributed by atoms with Gasteiger partial charge in [-0.25, -0.2) is 0 Å². The maximum Gasteiger partial charge on any atom is 0.205 e. The van der Waals surface area contributed by atoms with Gasteiger partial charge in [0.1, 0.15) is 0 Å². The molecule has 0 aliphatic heterocycles. The Kier molecular flexibility index (Phi) is 8.51. The van der Waals surface area contributed by atoms with Gasteiger partial charge in [0.05, 0.1) is 6.61 Å². The van der Waals surface area contributed by atoms with Gasteiger partial charge in [-0.05, 0) is 13.0 Å². The molecule has 0 bridgehead atoms. The summed E-state index contributed by atoms with van der Waals surface area (Å²) < 4.78 is 4.66. The zero-order valence-corrected chi connectivity index (χ0v) is 5.62. The lowest BCUT2D eigenvalue weighted by molar-refractivity contribution is 0.327. The van der Waals surface area contributed by atoms with Crippen LogP contribution in [0.4, 0.5) is 0 Å². The first-order valence-corrected chi connectivity index (χ1v) is 2.15. The largest absolute Gasteiger partial charge is 0.478 e. The molecule has 0 radical (unpaired) electrons. The fraction of sp³-hybridized carbons (Fsp3) is 0.400. The molecule has 0 aliphatic carbocycles. The zero-order chi connectivity index (χ0) is 5.70. The topological polar surface area (TPSA) is 33.1 Å². The summed E-state index contributed by atoms with van der Waals surface area (Å²) in [7, 11) is 0. The van der Waals surface area contributed by atoms with Gasteiger partial charge in [0.25, 0.3) is 0 Å². The van der Waals surface area contributed by atoms with Crippen molar-refractivity contribution in [1.29, 1.82) is 5.41 Å². The average Bonchev–Trinajstić information content (AvgIpc) is 1.68. The summed E-state index contributed by atoms with van der Waals surface area (Å²) in [4.78, 5) is 0. The summed E-state index contributed by atoms with van der Waals surface area (Å²) in [6.45, 7) is 5.71. The van der Waals surface area contributed by atoms with Crippen LogP contribution < -0.4 is 0 Å². The molecule has 0 aromatic heterocycles. The van der Waals surface area contributed by atoms with E-state index >= 15 is 0 Å². The molecule has 1 N–H and O–H groups in total. The van der Waals surface area contributed by atoms with Crippen molar-refractivity contribution in [2.24, 2.45) is 0 Å². The van der Waals surface area contributed by atoms with Gasteiger partial charge in [0.15, 0.2) is 0 Å². The van der Waals surface area contributed by atoms with E-state index in [2.05, 4.69) is 11.3 Å². The minimum Gasteiger partial charge on any atom is -0.478 e. The van der Waals surface area contributed by atoms with Crippen molar-refractivity contribution in [3.05, 3.63) is 12.7 Å². The molecule has 8 heavy (non-hydrogen) atoms. The smallest absolute Gasteiger partial charge is 0.205 e. The van der Waals surface area contributed by atoms with E-state index in [9.17, 15) is 0 Å². The summed E-state index contributed by atoms with van der Waals surface area (Å²) in [6, 6.07) is 0. The highest BCUT2D eigenvalue weighted by molar-refractivity contribution is 5.85. The number of nitrogens with one attached hydrogen (secondary N) is 1. The van der Waals surface area contributed by atoms with Crippen LogP contribution in [0.1, 0.15) is 6.92 Å². The zero-order valence-electron chi connectivity index (χ0n) is 4.81. The Hall–Kier alpha value is -0.500. The predicted molar refractivity (Wildman–Crippen MR) is 36.8 cm³/mol. The van der Waals surface area contributed by atoms with Crippen LogP contribution in [0.25, 0.3) is 0 Å². The van der Waals surface area contributed by atoms with E-state index in [-0.39, 0.29) is 18.3 Å². The van der Waals surface area contributed by atoms with Crippen molar-refractivity contribution in [3.63, 3.8) is 0 Å². The number of halogens is 1. The lowest BCUT2D eigenvalue weighted by Gasteiger charge is -1.94. The predicted octanol–water partition coefficient (Wildman–Crippen LogP) is 1.61. The van der Waals surface area contributed by atoms with Crippen LogP contribution in [0.5, 0.6) is 0 Å². The third kappa shape index (κ3) is 5.50. The highest BCUT2D eigenvalue weighted by Crippen LogP contribution is 1.75. The highest BCUT2D eigenvalue weighted by atomic mass is 35.5. The minimum absolute atomic E-state index is 0. The van der Waals surface area contributed by atoms with E-state index in [0.717, 1.165) is 0 Å². The maximum absolute atomic E-state index is 6.80. The van der Waals surface area contributed by atoms with E-state index in [0.29, 0.717) is 6.61 Å². The second-order valence-electron chi connectivity index (χ2n) is 1.00. The molecule has 0 amide bonds. The van der Waals surface area contributed by atoms with Gasteiger partial charge in [0.2, 0.25) is 5.90 Å². The van der Waals surface area contributed by atoms with Crippen LogP contribution in [0.15, 0.2) is 12.7 Å². The molecule has 0 aliphatic rings. The van der Waals surface area contributed by atoms with Crippen LogP contribution in [0.3, 0.4) is 0 Å². The molecule has 0 unspecified atom stereocenters. The number of hydrogen-bond acceptors (Lipinski definition) is 2. The second-order valence-corrected chi connectivity index (χ2v) is 1.00. The first-order valence-electron chi connectivity index (χ1n) is 2.15. The van der Waals surface area contributed by atoms with Crippen LogP contribution in [-0.2, 0) is 4.74 Å². The molecule has 0 heterocycles. The summed E-state index contributed by atoms with van der Waals surface area (Å²) in [5.41, 5.74) is 0. The second kappa shape index (κ2) is 6.50. The van der Waals surface area contributed by atoms with Crippen molar-refractivity contribution in [1.82, 2.24) is 0 Å². The van der Waals surface area contributed by atoms with E-state index in [1.807, 2.05) is 6.92 Å². The Labute approximate surface area is 55.5 Å². The molecule has 0 rings (SSSR count). The molecule has 3 heteroatoms. The summed E-state index contributed by atoms with van der Waals surface area (Å²) in [6.07, 6.45) is 1.36. The van der Waals surface area contributed by atoms with E-state index in [1.54, 1.807) is 0 Å². The van der Waals surface area contributed by atoms with E-state index in [1.165, 1.54) is 6.08 Å². The van der Waals surface area contributed by atoms with Crippen molar-refractivity contribution in [3.8, 4) is 0 Å². The molecule has 0 spiro atoms. The van der Waals surface area contributed by atoms with Crippen LogP contribution in [0.2, 0.25) is 0 Å². The van der Waals surface area contributed by atoms with Gasteiger partial charge < -0.3 is 4.74 Å². The molecule has 48 valence electrons. The van der Waals surface area contributed by atoms with Crippen LogP contribution >= 0.6 is 12.4 Å². The van der Waals surface area contributed by atoms with Gasteiger partial charge in [-0.1, -0.05) is 6.58 Å². The first kappa shape index (κ1) is 10.5. The van der Waals surface area contributed by atoms with Crippen LogP contribution in [-0.4, -0.2) is 12.5 Å². The molecule has 0 fully saturated rings. The molecular formula is C5H10ClNO. The lowest BCUT2D eigenvalue weighted by atomic mass is 10.6. The molecule has 2 nitrogen and oxygen atoms in total. The van der Waals surface area contributed by atoms with Crippen molar-refractivity contribution in [2.45, 2.75) is 6.92 Å². The summed E-state index contributed by atoms with van der Waals surface area (Å²) in [5, 5.41) is 6.80. The van der Waals surface area contributed by atoms with Gasteiger partial charge in [-0.15, -0.1) is 12.4 Å². The number of hydrogen-bond donors (Lipinski definition) is 1. The van der Waals surface area contributed by atoms with Crippen molar-refractivity contribution < 1.29 is 4.74 Å². The Bertz CT molecular complexity index is 82.5. The SMILES string of the molecule is C=CC(=N)OCC.Cl. The lowest BCUT2D eigenvalue weighted by Crippen LogP contribution is -1.96. The Morgan fingerprint density at radius 2 is 2.38 bits per heavy atom. The number of ether oxygens (including phenoxy) is 1. The monoisotopic (exact) mass is 135 g/mol. The highest BCUT2D eigenvalue weighted by Gasteiger charge is 1.80. The van der Waals surface area contributed by atoms with Gasteiger partial charge in [-0.2, -0.15) is 0 Å². The van der Waals surface area contributed by atoms with Crippen molar-refractivity contribution in [2.75, 3.05) is 6.61 Å². The summed E-state index contributed by atoms with van der Waals surface area (Å²) >= 11 is 0. The first-order chi connectivity index (χ1) is 3.31. The Morgan fingerprint density at radius 3 is 2.50 bits per heavy atom. The normalized spacial score (nSPS) is 6.62. The average molecular weight is 136 g/mol. The molecule has 0 aromatic carbocycles. The quantitative estimate of drug-likeness (QED) is 0.453. The molecule has 0 saturated carbocycles. The molecule has 0 saturated heterocycles. The molecule has 0 atom stereocenters. The van der Waals surface area contributed by atoms with E-state index in [4.69, 9.17) is 5.41 Å². The molecular weight excluding hydrogens is 126 g/mol. The van der Waals surface area contributed by atoms with Crippen molar-refractivity contribution >= 4 is 18.3 Å². The van der Waals surface area contributed by atoms with Gasteiger partial charge >= 0.3 is 0 Å². The minimum atomic E-state index is 0. The summed E-state index contributed by atoms with van der Waals surface area (Å²) in [5.74, 6) is 0.141. The fourth-order valence-electron chi connectivity index (χ4n) is 0.214. The maximum atomic E-state index is 6.80. The van der Waals surface area contributed by atoms with E-state index < -0.39 is 0 Å². The standard InChI is InChI=1S/C5H9NO.ClH/c1-3-5(6)7-4-2;/h3,6H,1,4H2,2H3;1H. The third-order valence-electron chi connectivity index (χ3n) is 0.485. The van der Waals surface area contributed by atoms with Gasteiger partial charge in [0, 0.05) is 0 Å². The third-order valence-corrected chi connectivity index (χ3v) is 0.485. The Morgan fingerprint density at radius 1 is 1.88 bits per heavy atom. The fourth-order valence-corrected chi connectivity index (χ4v) is 0.214. The number of rotatable bonds is 2. The molecule has 0 aromatic rings. The van der Waals surface area contributed by atoms with Crippen LogP contribution in [0, 0.1) is 5.41 Å². The van der Waals surface area contributed by atoms with Gasteiger partial charge in [-0.3, -0.25) is 5.41 Å². The Balaban J connectivity index is 0.